The summed E-state index contributed by atoms with van der Waals surface area (Å²) in [5.41, 5.74) is 0.284. The lowest BCUT2D eigenvalue weighted by molar-refractivity contribution is 0.533. The molecule has 0 aliphatic rings. The van der Waals surface area contributed by atoms with Crippen molar-refractivity contribution in [3.8, 4) is 0 Å². The van der Waals surface area contributed by atoms with Gasteiger partial charge in [0.2, 0.25) is 0 Å². The molecule has 50 valence electrons. The van der Waals surface area contributed by atoms with E-state index in [0.717, 1.165) is 0 Å². The topological polar surface area (TPSA) is 12.0 Å². The van der Waals surface area contributed by atoms with Crippen molar-refractivity contribution in [3.05, 3.63) is 0 Å². The highest BCUT2D eigenvalue weighted by molar-refractivity contribution is 7.93. The van der Waals surface area contributed by atoms with Crippen LogP contribution in [0.15, 0.2) is 0 Å². The minimum Gasteiger partial charge on any atom is -0.134 e. The van der Waals surface area contributed by atoms with Gasteiger partial charge in [0, 0.05) is 0 Å². The van der Waals surface area contributed by atoms with E-state index in [1.165, 1.54) is 0 Å². The second kappa shape index (κ2) is 2.74. The highest BCUT2D eigenvalue weighted by Crippen LogP contribution is 1.99. The Bertz CT molecular complexity index is 63.4. The van der Waals surface area contributed by atoms with Gasteiger partial charge in [0.05, 0.1) is 16.6 Å². The molecule has 0 radical (unpaired) electrons. The van der Waals surface area contributed by atoms with Gasteiger partial charge in [-0.3, -0.25) is 0 Å². The second-order valence-electron chi connectivity index (χ2n) is 3.17. The zero-order chi connectivity index (χ0) is 6.78. The summed E-state index contributed by atoms with van der Waals surface area (Å²) in [6.45, 7) is 6.54. The Morgan fingerprint density at radius 1 is 1.12 bits per heavy atom. The monoisotopic (exact) mass is 134 g/mol. The zero-order valence-electron chi connectivity index (χ0n) is 6.41. The van der Waals surface area contributed by atoms with Crippen molar-refractivity contribution in [3.63, 3.8) is 0 Å². The van der Waals surface area contributed by atoms with E-state index >= 15 is 0 Å². The largest absolute Gasteiger partial charge is 0.134 e. The molecule has 0 aromatic heterocycles. The van der Waals surface area contributed by atoms with Crippen molar-refractivity contribution in [2.24, 2.45) is 0 Å². The normalized spacial score (nSPS) is 12.8. The van der Waals surface area contributed by atoms with Crippen molar-refractivity contribution in [1.29, 1.82) is 0 Å². The minimum atomic E-state index is 0.284. The third-order valence-electron chi connectivity index (χ3n) is 0.510. The average Bonchev–Trinajstić information content (AvgIpc) is 1.21. The van der Waals surface area contributed by atoms with E-state index in [-0.39, 0.29) is 5.54 Å². The van der Waals surface area contributed by atoms with Crippen molar-refractivity contribution >= 4 is 11.1 Å². The van der Waals surface area contributed by atoms with Crippen molar-refractivity contribution < 1.29 is 0 Å². The summed E-state index contributed by atoms with van der Waals surface area (Å²) < 4.78 is 3.41. The lowest BCUT2D eigenvalue weighted by Gasteiger charge is -2.15. The summed E-state index contributed by atoms with van der Waals surface area (Å²) in [4.78, 5) is 0. The summed E-state index contributed by atoms with van der Waals surface area (Å²) in [6, 6.07) is 0. The molecule has 8 heavy (non-hydrogen) atoms. The Hall–Kier alpha value is 0.310. The number of hydrogen-bond acceptors (Lipinski definition) is 1. The van der Waals surface area contributed by atoms with Gasteiger partial charge in [-0.1, -0.05) is 0 Å². The maximum atomic E-state index is 3.41. The van der Waals surface area contributed by atoms with Crippen LogP contribution in [0.3, 0.4) is 0 Å². The predicted octanol–water partition coefficient (Wildman–Crippen LogP) is 1.17. The molecule has 0 heterocycles. The molecule has 0 amide bonds. The highest BCUT2D eigenvalue weighted by atomic mass is 32.2. The molecule has 0 fully saturated rings. The van der Waals surface area contributed by atoms with E-state index in [1.54, 1.807) is 0 Å². The number of hydrogen-bond donors (Lipinski definition) is 1. The molecule has 0 saturated heterocycles. The van der Waals surface area contributed by atoms with Gasteiger partial charge in [-0.05, 0) is 20.8 Å². The van der Waals surface area contributed by atoms with E-state index in [2.05, 4.69) is 38.0 Å². The van der Waals surface area contributed by atoms with Gasteiger partial charge in [-0.25, -0.2) is 0 Å². The minimum absolute atomic E-state index is 0.284. The van der Waals surface area contributed by atoms with Gasteiger partial charge in [0.15, 0.2) is 0 Å². The van der Waals surface area contributed by atoms with Crippen LogP contribution in [0, 0.1) is 0 Å². The molecule has 0 aliphatic heterocycles. The smallest absolute Gasteiger partial charge is 0.117 e. The van der Waals surface area contributed by atoms with Gasteiger partial charge in [0.1, 0.15) is 12.5 Å². The van der Waals surface area contributed by atoms with Crippen LogP contribution in [0.2, 0.25) is 0 Å². The van der Waals surface area contributed by atoms with Gasteiger partial charge < -0.3 is 0 Å². The SMILES string of the molecule is C[S+](C)NC(C)(C)C. The Labute approximate surface area is 55.3 Å². The number of nitrogens with one attached hydrogen (secondary N) is 1. The Morgan fingerprint density at radius 2 is 1.50 bits per heavy atom. The summed E-state index contributed by atoms with van der Waals surface area (Å²) >= 11 is 0.365. The molecule has 0 unspecified atom stereocenters. The van der Waals surface area contributed by atoms with Crippen molar-refractivity contribution in [1.82, 2.24) is 4.72 Å². The Balaban J connectivity index is 3.39. The molecule has 0 saturated carbocycles. The summed E-state index contributed by atoms with van der Waals surface area (Å²) in [5, 5.41) is 0. The lowest BCUT2D eigenvalue weighted by atomic mass is 10.1. The van der Waals surface area contributed by atoms with Crippen LogP contribution >= 0.6 is 0 Å². The van der Waals surface area contributed by atoms with E-state index in [4.69, 9.17) is 0 Å². The molecule has 0 aromatic carbocycles. The van der Waals surface area contributed by atoms with Crippen LogP contribution in [0.25, 0.3) is 0 Å². The fraction of sp³-hybridized carbons (Fsp3) is 1.00. The first-order valence-corrected chi connectivity index (χ1v) is 4.81. The van der Waals surface area contributed by atoms with Gasteiger partial charge in [-0.2, -0.15) is 0 Å². The summed E-state index contributed by atoms with van der Waals surface area (Å²) in [7, 11) is 0. The van der Waals surface area contributed by atoms with E-state index < -0.39 is 0 Å². The molecule has 0 bridgehead atoms. The predicted molar refractivity (Wildman–Crippen MR) is 42.1 cm³/mol. The highest BCUT2D eigenvalue weighted by Gasteiger charge is 2.15. The summed E-state index contributed by atoms with van der Waals surface area (Å²) in [5.74, 6) is 0. The Kier molecular flexibility index (Phi) is 2.84. The van der Waals surface area contributed by atoms with Crippen LogP contribution in [0.5, 0.6) is 0 Å². The molecule has 0 spiro atoms. The molecule has 2 heteroatoms. The van der Waals surface area contributed by atoms with Crippen molar-refractivity contribution in [2.75, 3.05) is 12.5 Å². The molecule has 1 N–H and O–H groups in total. The molecule has 1 nitrogen and oxygen atoms in total. The van der Waals surface area contributed by atoms with E-state index in [9.17, 15) is 0 Å². The first-order chi connectivity index (χ1) is 3.42. The fourth-order valence-corrected chi connectivity index (χ4v) is 1.84. The summed E-state index contributed by atoms with van der Waals surface area (Å²) in [6.07, 6.45) is 4.37. The molecule has 0 rings (SSSR count). The van der Waals surface area contributed by atoms with Crippen LogP contribution < -0.4 is 4.72 Å². The van der Waals surface area contributed by atoms with Crippen molar-refractivity contribution in [2.45, 2.75) is 26.3 Å². The van der Waals surface area contributed by atoms with Gasteiger partial charge in [0.25, 0.3) is 0 Å². The van der Waals surface area contributed by atoms with E-state index in [1.807, 2.05) is 0 Å². The maximum absolute atomic E-state index is 3.41. The third-order valence-corrected chi connectivity index (χ3v) is 1.53. The lowest BCUT2D eigenvalue weighted by Crippen LogP contribution is -2.39. The van der Waals surface area contributed by atoms with Crippen LogP contribution in [0.1, 0.15) is 20.8 Å². The quantitative estimate of drug-likeness (QED) is 0.531. The van der Waals surface area contributed by atoms with Crippen LogP contribution in [0.4, 0.5) is 0 Å². The molecule has 0 atom stereocenters. The standard InChI is InChI=1S/C6H16NS/c1-6(2,3)7-8(4)5/h7H,1-5H3/q+1. The van der Waals surface area contributed by atoms with Crippen LogP contribution in [-0.4, -0.2) is 18.1 Å². The van der Waals surface area contributed by atoms with E-state index in [0.29, 0.717) is 11.1 Å². The Morgan fingerprint density at radius 3 is 1.50 bits per heavy atom. The molecular formula is C6H16NS+. The van der Waals surface area contributed by atoms with Gasteiger partial charge >= 0.3 is 0 Å². The number of rotatable bonds is 1. The first-order valence-electron chi connectivity index (χ1n) is 2.77. The third kappa shape index (κ3) is 6.31. The van der Waals surface area contributed by atoms with Gasteiger partial charge in [-0.15, -0.1) is 4.72 Å². The van der Waals surface area contributed by atoms with Crippen LogP contribution in [-0.2, 0) is 11.1 Å². The molecule has 0 aromatic rings. The average molecular weight is 134 g/mol. The zero-order valence-corrected chi connectivity index (χ0v) is 7.22. The second-order valence-corrected chi connectivity index (χ2v) is 5.01. The molecule has 0 aliphatic carbocycles. The first kappa shape index (κ1) is 8.31. The fourth-order valence-electron chi connectivity index (χ4n) is 0.612. The maximum Gasteiger partial charge on any atom is 0.117 e. The molecular weight excluding hydrogens is 118 g/mol.